The second-order valence-electron chi connectivity index (χ2n) is 14.4. The van der Waals surface area contributed by atoms with Gasteiger partial charge in [0.25, 0.3) is 0 Å². The van der Waals surface area contributed by atoms with Gasteiger partial charge >= 0.3 is 0 Å². The Bertz CT molecular complexity index is 825. The summed E-state index contributed by atoms with van der Waals surface area (Å²) < 4.78 is 0. The van der Waals surface area contributed by atoms with E-state index in [1.807, 2.05) is 6.08 Å². The molecule has 5 aliphatic rings. The van der Waals surface area contributed by atoms with E-state index >= 15 is 0 Å². The van der Waals surface area contributed by atoms with Crippen molar-refractivity contribution in [3.63, 3.8) is 0 Å². The minimum atomic E-state index is -0.241. The molecular formula is C30H48O2. The molecule has 0 bridgehead atoms. The van der Waals surface area contributed by atoms with Crippen molar-refractivity contribution in [3.8, 4) is 0 Å². The molecule has 0 heterocycles. The van der Waals surface area contributed by atoms with Crippen molar-refractivity contribution in [1.29, 1.82) is 0 Å². The lowest BCUT2D eigenvalue weighted by molar-refractivity contribution is -0.223. The number of allylic oxidation sites excluding steroid dienone is 2. The Balaban J connectivity index is 1.57. The third-order valence-corrected chi connectivity index (χ3v) is 13.1. The number of aliphatic hydroxyl groups excluding tert-OH is 1. The van der Waals surface area contributed by atoms with Gasteiger partial charge in [-0.05, 0) is 115 Å². The minimum absolute atomic E-state index is 0.122. The largest absolute Gasteiger partial charge is 0.396 e. The highest BCUT2D eigenvalue weighted by atomic mass is 16.3. The maximum atomic E-state index is 12.8. The fourth-order valence-electron chi connectivity index (χ4n) is 11.1. The van der Waals surface area contributed by atoms with Crippen molar-refractivity contribution < 1.29 is 9.90 Å². The van der Waals surface area contributed by atoms with E-state index in [1.54, 1.807) is 0 Å². The molecule has 2 heteroatoms. The Labute approximate surface area is 197 Å². The Morgan fingerprint density at radius 2 is 1.62 bits per heavy atom. The van der Waals surface area contributed by atoms with Crippen LogP contribution in [-0.4, -0.2) is 17.5 Å². The van der Waals surface area contributed by atoms with Crippen molar-refractivity contribution >= 4 is 5.78 Å². The minimum Gasteiger partial charge on any atom is -0.396 e. The van der Waals surface area contributed by atoms with E-state index in [9.17, 15) is 9.90 Å². The van der Waals surface area contributed by atoms with E-state index in [2.05, 4.69) is 54.5 Å². The lowest BCUT2D eigenvalue weighted by atomic mass is 9.33. The molecule has 0 saturated heterocycles. The number of aliphatic hydroxyl groups is 1. The Hall–Kier alpha value is -0.630. The molecular weight excluding hydrogens is 392 g/mol. The van der Waals surface area contributed by atoms with Crippen LogP contribution in [0.4, 0.5) is 0 Å². The van der Waals surface area contributed by atoms with E-state index in [0.29, 0.717) is 46.9 Å². The highest BCUT2D eigenvalue weighted by Crippen LogP contribution is 2.76. The predicted octanol–water partition coefficient (Wildman–Crippen LogP) is 7.06. The zero-order valence-corrected chi connectivity index (χ0v) is 21.8. The van der Waals surface area contributed by atoms with Crippen LogP contribution < -0.4 is 0 Å². The molecule has 0 aliphatic heterocycles. The van der Waals surface area contributed by atoms with Crippen molar-refractivity contribution in [2.24, 2.45) is 62.6 Å². The van der Waals surface area contributed by atoms with Gasteiger partial charge in [-0.25, -0.2) is 0 Å². The number of carbonyl (C=O) groups is 1. The maximum absolute atomic E-state index is 12.8. The van der Waals surface area contributed by atoms with Gasteiger partial charge in [0.1, 0.15) is 0 Å². The van der Waals surface area contributed by atoms with Crippen LogP contribution in [0.1, 0.15) is 99.8 Å². The summed E-state index contributed by atoms with van der Waals surface area (Å²) in [5, 5.41) is 10.7. The van der Waals surface area contributed by atoms with Crippen molar-refractivity contribution in [1.82, 2.24) is 0 Å². The molecule has 0 unspecified atom stereocenters. The van der Waals surface area contributed by atoms with E-state index in [1.165, 1.54) is 51.4 Å². The lowest BCUT2D eigenvalue weighted by Crippen LogP contribution is -2.65. The molecule has 5 rings (SSSR count). The summed E-state index contributed by atoms with van der Waals surface area (Å²) in [6, 6.07) is 0. The van der Waals surface area contributed by atoms with Crippen LogP contribution in [0.15, 0.2) is 12.2 Å². The summed E-state index contributed by atoms with van der Waals surface area (Å²) in [6.45, 7) is 17.5. The normalized spacial score (nSPS) is 54.0. The van der Waals surface area contributed by atoms with E-state index in [-0.39, 0.29) is 16.2 Å². The van der Waals surface area contributed by atoms with Gasteiger partial charge in [0, 0.05) is 12.0 Å². The average Bonchev–Trinajstić information content (AvgIpc) is 3.12. The summed E-state index contributed by atoms with van der Waals surface area (Å²) in [5.74, 6) is 4.35. The first-order valence-corrected chi connectivity index (χ1v) is 13.7. The van der Waals surface area contributed by atoms with Crippen LogP contribution in [0.25, 0.3) is 0 Å². The summed E-state index contributed by atoms with van der Waals surface area (Å²) in [7, 11) is 0. The van der Waals surface area contributed by atoms with Gasteiger partial charge in [-0.2, -0.15) is 0 Å². The average molecular weight is 441 g/mol. The highest BCUT2D eigenvalue weighted by Gasteiger charge is 2.70. The smallest absolute Gasteiger partial charge is 0.161 e. The monoisotopic (exact) mass is 440 g/mol. The predicted molar refractivity (Wildman–Crippen MR) is 131 cm³/mol. The molecule has 4 fully saturated rings. The number of fused-ring (bicyclic) bond motifs is 7. The molecule has 0 aromatic rings. The third kappa shape index (κ3) is 2.60. The van der Waals surface area contributed by atoms with Gasteiger partial charge in [0.15, 0.2) is 5.78 Å². The van der Waals surface area contributed by atoms with Gasteiger partial charge in [-0.1, -0.05) is 54.5 Å². The molecule has 0 aromatic carbocycles. The van der Waals surface area contributed by atoms with Gasteiger partial charge in [-0.15, -0.1) is 0 Å². The fraction of sp³-hybridized carbons (Fsp3) is 0.900. The standard InChI is InChI=1S/C30H48O2/c1-19(2)20-10-15-30(18-31)17-16-28(6)21(25(20)30)8-9-23-27(5)13-12-24(32)26(3,4)22(27)11-14-29(23,28)7/h12-13,19-23,25,31H,8-11,14-18H2,1-7H3/t20-,21+,22-,23+,25+,27-,28+,29+,30+/m0/s1. The Kier molecular flexibility index (Phi) is 5.03. The van der Waals surface area contributed by atoms with Gasteiger partial charge in [0.2, 0.25) is 0 Å². The molecule has 0 spiro atoms. The second-order valence-corrected chi connectivity index (χ2v) is 14.4. The van der Waals surface area contributed by atoms with Gasteiger partial charge in [0.05, 0.1) is 0 Å². The van der Waals surface area contributed by atoms with Crippen molar-refractivity contribution in [2.75, 3.05) is 6.61 Å². The number of rotatable bonds is 2. The quantitative estimate of drug-likeness (QED) is 0.499. The number of ketones is 1. The number of hydrogen-bond acceptors (Lipinski definition) is 2. The van der Waals surface area contributed by atoms with Crippen LogP contribution in [0, 0.1) is 62.6 Å². The van der Waals surface area contributed by atoms with Crippen molar-refractivity contribution in [2.45, 2.75) is 99.8 Å². The molecule has 5 aliphatic carbocycles. The first-order valence-electron chi connectivity index (χ1n) is 13.7. The van der Waals surface area contributed by atoms with E-state index in [4.69, 9.17) is 0 Å². The van der Waals surface area contributed by atoms with Crippen molar-refractivity contribution in [3.05, 3.63) is 12.2 Å². The highest BCUT2D eigenvalue weighted by molar-refractivity contribution is 5.95. The zero-order valence-electron chi connectivity index (χ0n) is 21.8. The van der Waals surface area contributed by atoms with E-state index < -0.39 is 0 Å². The molecule has 4 saturated carbocycles. The molecule has 9 atom stereocenters. The van der Waals surface area contributed by atoms with Crippen LogP contribution in [0.2, 0.25) is 0 Å². The first kappa shape index (κ1) is 23.1. The Morgan fingerprint density at radius 3 is 2.28 bits per heavy atom. The summed E-state index contributed by atoms with van der Waals surface area (Å²) in [6.07, 6.45) is 14.4. The summed E-state index contributed by atoms with van der Waals surface area (Å²) >= 11 is 0. The van der Waals surface area contributed by atoms with Gasteiger partial charge < -0.3 is 5.11 Å². The van der Waals surface area contributed by atoms with Crippen LogP contribution in [0.3, 0.4) is 0 Å². The molecule has 0 aromatic heterocycles. The van der Waals surface area contributed by atoms with Crippen LogP contribution in [0.5, 0.6) is 0 Å². The maximum Gasteiger partial charge on any atom is 0.161 e. The van der Waals surface area contributed by atoms with Crippen LogP contribution >= 0.6 is 0 Å². The molecule has 32 heavy (non-hydrogen) atoms. The number of hydrogen-bond donors (Lipinski definition) is 1. The van der Waals surface area contributed by atoms with Gasteiger partial charge in [-0.3, -0.25) is 4.79 Å². The van der Waals surface area contributed by atoms with E-state index in [0.717, 1.165) is 11.8 Å². The SMILES string of the molecule is CC(C)[C@@H]1CC[C@]2(CO)CC[C@]3(C)[C@H](CC[C@@H]4[C@@]5(C)C=CC(=O)C(C)(C)[C@@H]5CC[C@]43C)[C@@H]12. The zero-order chi connectivity index (χ0) is 23.3. The second kappa shape index (κ2) is 6.96. The fourth-order valence-corrected chi connectivity index (χ4v) is 11.1. The molecule has 2 nitrogen and oxygen atoms in total. The Morgan fingerprint density at radius 1 is 0.906 bits per heavy atom. The third-order valence-electron chi connectivity index (χ3n) is 13.1. The first-order chi connectivity index (χ1) is 14.9. The van der Waals surface area contributed by atoms with Crippen LogP contribution in [-0.2, 0) is 4.79 Å². The summed E-state index contributed by atoms with van der Waals surface area (Å²) in [5.41, 5.74) is 0.715. The topological polar surface area (TPSA) is 37.3 Å². The molecule has 0 amide bonds. The summed E-state index contributed by atoms with van der Waals surface area (Å²) in [4.78, 5) is 12.8. The molecule has 180 valence electrons. The lowest BCUT2D eigenvalue weighted by Gasteiger charge is -2.71. The molecule has 0 radical (unpaired) electrons. The molecule has 1 N–H and O–H groups in total. The number of carbonyl (C=O) groups excluding carboxylic acids is 1.